The van der Waals surface area contributed by atoms with Crippen LogP contribution in [0.4, 0.5) is 18.9 Å². The SMILES string of the molecule is CC[C@H](C(=O)O)N(c1ccc(C(F)(F)F)cc1)S(C)(=O)=O. The van der Waals surface area contributed by atoms with Crippen molar-refractivity contribution >= 4 is 21.7 Å². The molecule has 0 aliphatic heterocycles. The molecule has 0 saturated heterocycles. The fourth-order valence-corrected chi connectivity index (χ4v) is 3.05. The lowest BCUT2D eigenvalue weighted by molar-refractivity contribution is -0.139. The molecule has 0 amide bonds. The molecule has 1 aromatic carbocycles. The fraction of sp³-hybridized carbons (Fsp3) is 0.417. The van der Waals surface area contributed by atoms with Crippen LogP contribution >= 0.6 is 0 Å². The van der Waals surface area contributed by atoms with Crippen LogP contribution in [0.5, 0.6) is 0 Å². The lowest BCUT2D eigenvalue weighted by Crippen LogP contribution is -2.44. The van der Waals surface area contributed by atoms with Gasteiger partial charge in [0.05, 0.1) is 17.5 Å². The average Bonchev–Trinajstić information content (AvgIpc) is 2.32. The van der Waals surface area contributed by atoms with Crippen LogP contribution in [0.3, 0.4) is 0 Å². The first-order chi connectivity index (χ1) is 9.48. The molecule has 0 aliphatic rings. The Labute approximate surface area is 120 Å². The van der Waals surface area contributed by atoms with Gasteiger partial charge in [-0.1, -0.05) is 6.92 Å². The van der Waals surface area contributed by atoms with Crippen LogP contribution in [0.15, 0.2) is 24.3 Å². The van der Waals surface area contributed by atoms with Gasteiger partial charge in [-0.05, 0) is 30.7 Å². The van der Waals surface area contributed by atoms with Crippen LogP contribution in [-0.2, 0) is 21.0 Å². The third-order valence-corrected chi connectivity index (χ3v) is 3.94. The summed E-state index contributed by atoms with van der Waals surface area (Å²) >= 11 is 0. The van der Waals surface area contributed by atoms with E-state index < -0.39 is 33.8 Å². The Bertz CT molecular complexity index is 610. The van der Waals surface area contributed by atoms with E-state index in [-0.39, 0.29) is 12.1 Å². The molecule has 0 aliphatic carbocycles. The summed E-state index contributed by atoms with van der Waals surface area (Å²) in [5.74, 6) is -1.37. The van der Waals surface area contributed by atoms with Crippen molar-refractivity contribution in [2.24, 2.45) is 0 Å². The maximum absolute atomic E-state index is 12.5. The summed E-state index contributed by atoms with van der Waals surface area (Å²) in [7, 11) is -3.95. The lowest BCUT2D eigenvalue weighted by Gasteiger charge is -2.28. The second kappa shape index (κ2) is 5.92. The monoisotopic (exact) mass is 325 g/mol. The lowest BCUT2D eigenvalue weighted by atomic mass is 10.1. The Morgan fingerprint density at radius 1 is 1.29 bits per heavy atom. The minimum absolute atomic E-state index is 0.0244. The zero-order chi connectivity index (χ0) is 16.4. The number of benzene rings is 1. The summed E-state index contributed by atoms with van der Waals surface area (Å²) in [4.78, 5) is 11.1. The highest BCUT2D eigenvalue weighted by atomic mass is 32.2. The van der Waals surface area contributed by atoms with Crippen LogP contribution in [0, 0.1) is 0 Å². The summed E-state index contributed by atoms with van der Waals surface area (Å²) < 4.78 is 61.6. The van der Waals surface area contributed by atoms with E-state index >= 15 is 0 Å². The molecule has 0 bridgehead atoms. The molecule has 0 radical (unpaired) electrons. The summed E-state index contributed by atoms with van der Waals surface area (Å²) in [6.45, 7) is 1.47. The number of anilines is 1. The molecule has 0 fully saturated rings. The Morgan fingerprint density at radius 2 is 1.76 bits per heavy atom. The number of nitrogens with zero attached hydrogens (tertiary/aromatic N) is 1. The highest BCUT2D eigenvalue weighted by molar-refractivity contribution is 7.92. The Morgan fingerprint density at radius 3 is 2.05 bits per heavy atom. The van der Waals surface area contributed by atoms with Crippen molar-refractivity contribution in [3.63, 3.8) is 0 Å². The summed E-state index contributed by atoms with van der Waals surface area (Å²) in [5.41, 5.74) is -1.07. The molecule has 0 aromatic heterocycles. The smallest absolute Gasteiger partial charge is 0.416 e. The molecule has 1 aromatic rings. The second-order valence-corrected chi connectivity index (χ2v) is 6.23. The van der Waals surface area contributed by atoms with Crippen molar-refractivity contribution in [3.8, 4) is 0 Å². The van der Waals surface area contributed by atoms with Gasteiger partial charge in [0.25, 0.3) is 0 Å². The van der Waals surface area contributed by atoms with Gasteiger partial charge in [-0.2, -0.15) is 13.2 Å². The maximum Gasteiger partial charge on any atom is 0.416 e. The maximum atomic E-state index is 12.5. The number of carboxylic acids is 1. The summed E-state index contributed by atoms with van der Waals surface area (Å²) in [5, 5.41) is 9.07. The van der Waals surface area contributed by atoms with E-state index in [1.807, 2.05) is 0 Å². The first-order valence-electron chi connectivity index (χ1n) is 5.88. The second-order valence-electron chi connectivity index (χ2n) is 4.37. The molecule has 1 N–H and O–H groups in total. The van der Waals surface area contributed by atoms with Gasteiger partial charge in [-0.15, -0.1) is 0 Å². The zero-order valence-corrected chi connectivity index (χ0v) is 12.1. The number of hydrogen-bond donors (Lipinski definition) is 1. The molecule has 0 spiro atoms. The van der Waals surface area contributed by atoms with Gasteiger partial charge in [0.15, 0.2) is 0 Å². The molecule has 0 heterocycles. The topological polar surface area (TPSA) is 74.7 Å². The van der Waals surface area contributed by atoms with Gasteiger partial charge in [0.1, 0.15) is 6.04 Å². The van der Waals surface area contributed by atoms with Gasteiger partial charge in [0.2, 0.25) is 10.0 Å². The summed E-state index contributed by atoms with van der Waals surface area (Å²) in [6, 6.07) is 1.92. The number of aliphatic carboxylic acids is 1. The van der Waals surface area contributed by atoms with Gasteiger partial charge >= 0.3 is 12.1 Å². The van der Waals surface area contributed by atoms with Crippen molar-refractivity contribution in [1.29, 1.82) is 0 Å². The molecule has 5 nitrogen and oxygen atoms in total. The Hall–Kier alpha value is -1.77. The Kier molecular flexibility index (Phi) is 4.87. The standard InChI is InChI=1S/C12H14F3NO4S/c1-3-10(11(17)18)16(21(2,19)20)9-6-4-8(5-7-9)12(13,14)15/h4-7,10H,3H2,1-2H3,(H,17,18)/t10-/m1/s1. The molecule has 1 rings (SSSR count). The minimum atomic E-state index is -4.55. The number of carboxylic acid groups (broad SMARTS) is 1. The molecule has 0 unspecified atom stereocenters. The third-order valence-electron chi connectivity index (χ3n) is 2.76. The van der Waals surface area contributed by atoms with E-state index in [2.05, 4.69) is 0 Å². The highest BCUT2D eigenvalue weighted by Gasteiger charge is 2.33. The number of hydrogen-bond acceptors (Lipinski definition) is 3. The van der Waals surface area contributed by atoms with E-state index in [0.717, 1.165) is 18.4 Å². The number of alkyl halides is 3. The molecule has 9 heteroatoms. The van der Waals surface area contributed by atoms with E-state index in [9.17, 15) is 26.4 Å². The van der Waals surface area contributed by atoms with Crippen LogP contribution in [-0.4, -0.2) is 31.8 Å². The van der Waals surface area contributed by atoms with E-state index in [1.165, 1.54) is 6.92 Å². The predicted octanol–water partition coefficient (Wildman–Crippen LogP) is 2.33. The molecule has 0 saturated carbocycles. The normalized spacial score (nSPS) is 13.8. The van der Waals surface area contributed by atoms with Crippen LogP contribution in [0.1, 0.15) is 18.9 Å². The van der Waals surface area contributed by atoms with Crippen LogP contribution in [0.2, 0.25) is 0 Å². The van der Waals surface area contributed by atoms with Gasteiger partial charge in [-0.3, -0.25) is 4.31 Å². The average molecular weight is 325 g/mol. The van der Waals surface area contributed by atoms with Crippen molar-refractivity contribution in [2.45, 2.75) is 25.6 Å². The quantitative estimate of drug-likeness (QED) is 0.901. The Balaban J connectivity index is 3.32. The first-order valence-corrected chi connectivity index (χ1v) is 7.72. The number of sulfonamides is 1. The number of halogens is 3. The number of rotatable bonds is 5. The van der Waals surface area contributed by atoms with E-state index in [1.54, 1.807) is 0 Å². The predicted molar refractivity (Wildman–Crippen MR) is 70.5 cm³/mol. The van der Waals surface area contributed by atoms with Crippen LogP contribution < -0.4 is 4.31 Å². The molecular weight excluding hydrogens is 311 g/mol. The third kappa shape index (κ3) is 4.10. The molecule has 1 atom stereocenters. The van der Waals surface area contributed by atoms with Crippen molar-refractivity contribution in [1.82, 2.24) is 0 Å². The van der Waals surface area contributed by atoms with Gasteiger partial charge < -0.3 is 5.11 Å². The minimum Gasteiger partial charge on any atom is -0.480 e. The first kappa shape index (κ1) is 17.3. The van der Waals surface area contributed by atoms with Gasteiger partial charge in [-0.25, -0.2) is 13.2 Å². The van der Waals surface area contributed by atoms with E-state index in [0.29, 0.717) is 16.4 Å². The molecule has 21 heavy (non-hydrogen) atoms. The molecule has 118 valence electrons. The number of carbonyl (C=O) groups is 1. The van der Waals surface area contributed by atoms with E-state index in [4.69, 9.17) is 5.11 Å². The van der Waals surface area contributed by atoms with Crippen molar-refractivity contribution in [2.75, 3.05) is 10.6 Å². The van der Waals surface area contributed by atoms with Crippen molar-refractivity contribution in [3.05, 3.63) is 29.8 Å². The summed E-state index contributed by atoms with van der Waals surface area (Å²) in [6.07, 6.45) is -3.77. The largest absolute Gasteiger partial charge is 0.480 e. The highest BCUT2D eigenvalue weighted by Crippen LogP contribution is 2.31. The fourth-order valence-electron chi connectivity index (χ4n) is 1.84. The van der Waals surface area contributed by atoms with Gasteiger partial charge in [0, 0.05) is 0 Å². The van der Waals surface area contributed by atoms with Crippen molar-refractivity contribution < 1.29 is 31.5 Å². The van der Waals surface area contributed by atoms with Crippen LogP contribution in [0.25, 0.3) is 0 Å². The molecular formula is C12H14F3NO4S. The zero-order valence-electron chi connectivity index (χ0n) is 11.3.